The maximum atomic E-state index is 14.3. The van der Waals surface area contributed by atoms with Crippen molar-refractivity contribution in [2.24, 2.45) is 0 Å². The quantitative estimate of drug-likeness (QED) is 0.523. The number of esters is 1. The molecule has 0 aliphatic heterocycles. The highest BCUT2D eigenvalue weighted by Gasteiger charge is 2.19. The van der Waals surface area contributed by atoms with Crippen LogP contribution in [0.3, 0.4) is 0 Å². The molecule has 0 aliphatic rings. The van der Waals surface area contributed by atoms with Crippen molar-refractivity contribution < 1.29 is 23.5 Å². The second-order valence-electron chi connectivity index (χ2n) is 4.59. The van der Waals surface area contributed by atoms with Crippen LogP contribution in [0, 0.1) is 5.82 Å². The molecule has 2 aromatic carbocycles. The molecule has 6 heteroatoms. The number of carbonyl (C=O) groups excluding carboxylic acids is 2. The lowest BCUT2D eigenvalue weighted by molar-refractivity contribution is 0.0380. The van der Waals surface area contributed by atoms with Crippen LogP contribution in [-0.4, -0.2) is 32.3 Å². The highest BCUT2D eigenvalue weighted by atomic mass is 19.1. The maximum absolute atomic E-state index is 14.3. The van der Waals surface area contributed by atoms with Crippen molar-refractivity contribution in [3.8, 4) is 0 Å². The van der Waals surface area contributed by atoms with Crippen LogP contribution in [-0.2, 0) is 9.47 Å². The zero-order valence-electron chi connectivity index (χ0n) is 12.1. The lowest BCUT2D eigenvalue weighted by Crippen LogP contribution is -2.17. The van der Waals surface area contributed by atoms with Crippen LogP contribution < -0.4 is 5.32 Å². The van der Waals surface area contributed by atoms with Crippen molar-refractivity contribution in [1.29, 1.82) is 0 Å². The highest BCUT2D eigenvalue weighted by molar-refractivity contribution is 5.99. The Labute approximate surface area is 127 Å². The minimum atomic E-state index is -1.13. The van der Waals surface area contributed by atoms with Gasteiger partial charge in [0.05, 0.1) is 12.2 Å². The first-order valence-electron chi connectivity index (χ1n) is 6.84. The Bertz CT molecular complexity index is 687. The van der Waals surface area contributed by atoms with Crippen molar-refractivity contribution >= 4 is 22.9 Å². The molecule has 0 aromatic heterocycles. The largest absolute Gasteiger partial charge is 0.516 e. The summed E-state index contributed by atoms with van der Waals surface area (Å²) in [6.45, 7) is 0.785. The number of fused-ring (bicyclic) bond motifs is 1. The van der Waals surface area contributed by atoms with Crippen molar-refractivity contribution in [1.82, 2.24) is 5.32 Å². The fourth-order valence-corrected chi connectivity index (χ4v) is 1.96. The Hall–Kier alpha value is -2.47. The molecule has 0 saturated heterocycles. The highest BCUT2D eigenvalue weighted by Crippen LogP contribution is 2.21. The van der Waals surface area contributed by atoms with E-state index in [-0.39, 0.29) is 12.2 Å². The molecule has 1 N–H and O–H groups in total. The van der Waals surface area contributed by atoms with Crippen LogP contribution in [0.2, 0.25) is 0 Å². The van der Waals surface area contributed by atoms with Crippen LogP contribution in [0.1, 0.15) is 16.8 Å². The third kappa shape index (κ3) is 3.79. The van der Waals surface area contributed by atoms with E-state index in [2.05, 4.69) is 10.1 Å². The van der Waals surface area contributed by atoms with Gasteiger partial charge in [-0.05, 0) is 31.5 Å². The molecular formula is C16H16FNO4. The van der Waals surface area contributed by atoms with Crippen LogP contribution in [0.15, 0.2) is 36.4 Å². The summed E-state index contributed by atoms with van der Waals surface area (Å²) >= 11 is 0. The summed E-state index contributed by atoms with van der Waals surface area (Å²) in [5.41, 5.74) is -0.300. The summed E-state index contributed by atoms with van der Waals surface area (Å²) in [6.07, 6.45) is -0.543. The van der Waals surface area contributed by atoms with E-state index in [0.717, 1.165) is 0 Å². The molecule has 0 unspecified atom stereocenters. The van der Waals surface area contributed by atoms with Gasteiger partial charge in [0.25, 0.3) is 0 Å². The molecule has 0 fully saturated rings. The van der Waals surface area contributed by atoms with E-state index in [1.54, 1.807) is 37.4 Å². The number of ether oxygens (including phenoxy) is 2. The molecule has 116 valence electrons. The summed E-state index contributed by atoms with van der Waals surface area (Å²) in [5, 5.41) is 3.83. The molecule has 0 aliphatic carbocycles. The van der Waals surface area contributed by atoms with Crippen LogP contribution in [0.4, 0.5) is 9.18 Å². The van der Waals surface area contributed by atoms with E-state index in [1.165, 1.54) is 6.07 Å². The normalized spacial score (nSPS) is 10.5. The summed E-state index contributed by atoms with van der Waals surface area (Å²) in [5.74, 6) is -1.78. The van der Waals surface area contributed by atoms with Crippen molar-refractivity contribution in [3.63, 3.8) is 0 Å². The predicted molar refractivity (Wildman–Crippen MR) is 79.2 cm³/mol. The summed E-state index contributed by atoms with van der Waals surface area (Å²) in [6, 6.07) is 9.58. The van der Waals surface area contributed by atoms with E-state index in [4.69, 9.17) is 4.74 Å². The molecule has 22 heavy (non-hydrogen) atoms. The maximum Gasteiger partial charge on any atom is 0.516 e. The number of hydrogen-bond acceptors (Lipinski definition) is 5. The topological polar surface area (TPSA) is 64.6 Å². The fourth-order valence-electron chi connectivity index (χ4n) is 1.96. The molecular weight excluding hydrogens is 289 g/mol. The van der Waals surface area contributed by atoms with Gasteiger partial charge in [0.1, 0.15) is 5.82 Å². The lowest BCUT2D eigenvalue weighted by Gasteiger charge is -2.07. The number of hydrogen-bond donors (Lipinski definition) is 1. The third-order valence-electron chi connectivity index (χ3n) is 3.05. The minimum Gasteiger partial charge on any atom is -0.434 e. The molecule has 0 saturated carbocycles. The van der Waals surface area contributed by atoms with Gasteiger partial charge in [-0.25, -0.2) is 14.0 Å². The zero-order valence-corrected chi connectivity index (χ0v) is 12.1. The van der Waals surface area contributed by atoms with E-state index < -0.39 is 17.9 Å². The van der Waals surface area contributed by atoms with Crippen molar-refractivity contribution in [2.75, 3.05) is 20.2 Å². The van der Waals surface area contributed by atoms with Crippen LogP contribution >= 0.6 is 0 Å². The molecule has 0 heterocycles. The Balaban J connectivity index is 2.03. The number of nitrogens with one attached hydrogen (secondary N) is 1. The number of rotatable bonds is 5. The summed E-state index contributed by atoms with van der Waals surface area (Å²) in [4.78, 5) is 23.2. The first-order valence-corrected chi connectivity index (χ1v) is 6.84. The smallest absolute Gasteiger partial charge is 0.434 e. The van der Waals surface area contributed by atoms with Gasteiger partial charge in [0.2, 0.25) is 0 Å². The Morgan fingerprint density at radius 2 is 1.95 bits per heavy atom. The van der Waals surface area contributed by atoms with E-state index in [9.17, 15) is 14.0 Å². The monoisotopic (exact) mass is 305 g/mol. The molecule has 2 aromatic rings. The lowest BCUT2D eigenvalue weighted by atomic mass is 10.1. The van der Waals surface area contributed by atoms with Crippen molar-refractivity contribution in [2.45, 2.75) is 6.42 Å². The first kappa shape index (κ1) is 15.9. The van der Waals surface area contributed by atoms with Gasteiger partial charge >= 0.3 is 12.1 Å². The molecule has 5 nitrogen and oxygen atoms in total. The average molecular weight is 305 g/mol. The second kappa shape index (κ2) is 7.51. The fraction of sp³-hybridized carbons (Fsp3) is 0.250. The van der Waals surface area contributed by atoms with Crippen LogP contribution in [0.25, 0.3) is 10.8 Å². The number of halogens is 1. The van der Waals surface area contributed by atoms with Gasteiger partial charge in [-0.3, -0.25) is 0 Å². The Morgan fingerprint density at radius 1 is 1.18 bits per heavy atom. The van der Waals surface area contributed by atoms with Gasteiger partial charge in [0, 0.05) is 5.39 Å². The van der Waals surface area contributed by atoms with E-state index in [0.29, 0.717) is 23.7 Å². The van der Waals surface area contributed by atoms with Gasteiger partial charge in [-0.15, -0.1) is 0 Å². The second-order valence-corrected chi connectivity index (χ2v) is 4.59. The van der Waals surface area contributed by atoms with Gasteiger partial charge in [0.15, 0.2) is 0 Å². The number of benzene rings is 2. The SMILES string of the molecule is CNCCCOC(=O)OC(=O)c1ccc2ccccc2c1F. The number of carbonyl (C=O) groups is 2. The average Bonchev–Trinajstić information content (AvgIpc) is 2.52. The summed E-state index contributed by atoms with van der Waals surface area (Å²) < 4.78 is 23.5. The zero-order chi connectivity index (χ0) is 15.9. The van der Waals surface area contributed by atoms with E-state index in [1.807, 2.05) is 0 Å². The van der Waals surface area contributed by atoms with Crippen molar-refractivity contribution in [3.05, 3.63) is 47.8 Å². The molecule has 0 spiro atoms. The first-order chi connectivity index (χ1) is 10.6. The minimum absolute atomic E-state index is 0.118. The van der Waals surface area contributed by atoms with Crippen LogP contribution in [0.5, 0.6) is 0 Å². The van der Waals surface area contributed by atoms with E-state index >= 15 is 0 Å². The Morgan fingerprint density at radius 3 is 2.73 bits per heavy atom. The van der Waals surface area contributed by atoms with Gasteiger partial charge in [-0.1, -0.05) is 30.3 Å². The van der Waals surface area contributed by atoms with Gasteiger partial charge in [-0.2, -0.15) is 0 Å². The molecule has 0 radical (unpaired) electrons. The predicted octanol–water partition coefficient (Wildman–Crippen LogP) is 2.88. The summed E-state index contributed by atoms with van der Waals surface area (Å²) in [7, 11) is 1.77. The molecule has 2 rings (SSSR count). The van der Waals surface area contributed by atoms with Gasteiger partial charge < -0.3 is 14.8 Å². The molecule has 0 amide bonds. The third-order valence-corrected chi connectivity index (χ3v) is 3.05. The molecule has 0 atom stereocenters. The Kier molecular flexibility index (Phi) is 5.43. The standard InChI is InChI=1S/C16H16FNO4/c1-18-9-4-10-21-16(20)22-15(19)13-8-7-11-5-2-3-6-12(11)14(13)17/h2-3,5-8,18H,4,9-10H2,1H3. The molecule has 0 bridgehead atoms.